The summed E-state index contributed by atoms with van der Waals surface area (Å²) in [6, 6.07) is 0. The summed E-state index contributed by atoms with van der Waals surface area (Å²) < 4.78 is 5.07. The largest absolute Gasteiger partial charge is 0.464 e. The van der Waals surface area contributed by atoms with Crippen LogP contribution in [0.3, 0.4) is 0 Å². The number of rotatable bonds is 6. The summed E-state index contributed by atoms with van der Waals surface area (Å²) in [5.41, 5.74) is -0.949. The van der Waals surface area contributed by atoms with Crippen molar-refractivity contribution < 1.29 is 14.3 Å². The van der Waals surface area contributed by atoms with Crippen molar-refractivity contribution in [3.05, 3.63) is 12.2 Å². The smallest absolute Gasteiger partial charge is 0.331 e. The molecule has 19 heavy (non-hydrogen) atoms. The predicted octanol–water partition coefficient (Wildman–Crippen LogP) is 2.44. The summed E-state index contributed by atoms with van der Waals surface area (Å²) in [5.74, 6) is -0.158. The third kappa shape index (κ3) is 4.08. The Morgan fingerprint density at radius 1 is 1.47 bits per heavy atom. The van der Waals surface area contributed by atoms with Crippen molar-refractivity contribution in [2.24, 2.45) is 11.8 Å². The van der Waals surface area contributed by atoms with E-state index in [1.54, 1.807) is 13.8 Å². The van der Waals surface area contributed by atoms with Crippen molar-refractivity contribution in [1.29, 1.82) is 0 Å². The van der Waals surface area contributed by atoms with E-state index >= 15 is 0 Å². The Morgan fingerprint density at radius 3 is 2.63 bits per heavy atom. The molecule has 0 unspecified atom stereocenters. The third-order valence-electron chi connectivity index (χ3n) is 3.81. The third-order valence-corrected chi connectivity index (χ3v) is 3.81. The molecule has 2 atom stereocenters. The van der Waals surface area contributed by atoms with Crippen molar-refractivity contribution in [3.63, 3.8) is 0 Å². The Kier molecular flexibility index (Phi) is 5.58. The Balaban J connectivity index is 2.64. The number of carbonyl (C=O) groups excluding carboxylic acids is 2. The quantitative estimate of drug-likeness (QED) is 0.594. The summed E-state index contributed by atoms with van der Waals surface area (Å²) in [5, 5.41) is 2.86. The Morgan fingerprint density at radius 2 is 2.16 bits per heavy atom. The molecule has 0 saturated heterocycles. The molecule has 0 saturated carbocycles. The molecule has 0 aromatic heterocycles. The first-order valence-corrected chi connectivity index (χ1v) is 7.05. The van der Waals surface area contributed by atoms with Crippen molar-refractivity contribution in [1.82, 2.24) is 5.32 Å². The van der Waals surface area contributed by atoms with E-state index in [9.17, 15) is 9.59 Å². The van der Waals surface area contributed by atoms with Crippen LogP contribution in [0.4, 0.5) is 0 Å². The monoisotopic (exact) mass is 267 g/mol. The van der Waals surface area contributed by atoms with E-state index in [1.165, 1.54) is 0 Å². The van der Waals surface area contributed by atoms with Gasteiger partial charge in [0.25, 0.3) is 0 Å². The van der Waals surface area contributed by atoms with Gasteiger partial charge in [-0.25, -0.2) is 4.79 Å². The van der Waals surface area contributed by atoms with E-state index in [1.807, 2.05) is 13.8 Å². The highest BCUT2D eigenvalue weighted by Gasteiger charge is 2.39. The molecule has 1 N–H and O–H groups in total. The van der Waals surface area contributed by atoms with E-state index in [-0.39, 0.29) is 17.8 Å². The molecule has 108 valence electrons. The zero-order valence-electron chi connectivity index (χ0n) is 12.4. The minimum Gasteiger partial charge on any atom is -0.464 e. The molecule has 0 heterocycles. The van der Waals surface area contributed by atoms with E-state index in [0.717, 1.165) is 12.8 Å². The number of esters is 1. The highest BCUT2D eigenvalue weighted by Crippen LogP contribution is 2.23. The Hall–Kier alpha value is -1.32. The second kappa shape index (κ2) is 6.73. The molecule has 0 aromatic carbocycles. The van der Waals surface area contributed by atoms with E-state index in [2.05, 4.69) is 17.5 Å². The number of carbonyl (C=O) groups is 2. The van der Waals surface area contributed by atoms with Gasteiger partial charge in [0.15, 0.2) is 0 Å². The summed E-state index contributed by atoms with van der Waals surface area (Å²) >= 11 is 0. The topological polar surface area (TPSA) is 55.4 Å². The van der Waals surface area contributed by atoms with Gasteiger partial charge in [-0.05, 0) is 38.5 Å². The highest BCUT2D eigenvalue weighted by atomic mass is 16.5. The lowest BCUT2D eigenvalue weighted by Crippen LogP contribution is -2.56. The molecular weight excluding hydrogens is 242 g/mol. The number of ether oxygens (including phenoxy) is 1. The molecule has 1 rings (SSSR count). The van der Waals surface area contributed by atoms with Crippen LogP contribution in [0.2, 0.25) is 0 Å². The second-order valence-electron chi connectivity index (χ2n) is 5.60. The first kappa shape index (κ1) is 15.7. The van der Waals surface area contributed by atoms with Crippen LogP contribution in [0.1, 0.15) is 47.0 Å². The minimum atomic E-state index is -0.949. The van der Waals surface area contributed by atoms with E-state index in [4.69, 9.17) is 4.74 Å². The molecular formula is C15H25NO3. The Labute approximate surface area is 115 Å². The van der Waals surface area contributed by atoms with Crippen LogP contribution in [0.5, 0.6) is 0 Å². The summed E-state index contributed by atoms with van der Waals surface area (Å²) in [6.07, 6.45) is 6.68. The van der Waals surface area contributed by atoms with Gasteiger partial charge in [0.1, 0.15) is 5.54 Å². The molecule has 4 heteroatoms. The maximum Gasteiger partial charge on any atom is 0.331 e. The maximum absolute atomic E-state index is 12.1. The van der Waals surface area contributed by atoms with Gasteiger partial charge < -0.3 is 10.1 Å². The van der Waals surface area contributed by atoms with Gasteiger partial charge in [0.2, 0.25) is 5.91 Å². The lowest BCUT2D eigenvalue weighted by molar-refractivity contribution is -0.154. The minimum absolute atomic E-state index is 0.0189. The highest BCUT2D eigenvalue weighted by molar-refractivity contribution is 5.88. The van der Waals surface area contributed by atoms with Gasteiger partial charge in [-0.15, -0.1) is 0 Å². The molecule has 0 spiro atoms. The standard InChI is InChI=1S/C15H25NO3/c1-5-19-14(18)15(4,11(2)3)16-13(17)10-12-8-6-7-9-12/h6,8,11-12H,5,7,9-10H2,1-4H3,(H,16,17)/t12-,15+/m1/s1. The van der Waals surface area contributed by atoms with Crippen LogP contribution in [0.15, 0.2) is 12.2 Å². The number of nitrogens with one attached hydrogen (secondary N) is 1. The summed E-state index contributed by atoms with van der Waals surface area (Å²) in [6.45, 7) is 7.64. The number of hydrogen-bond acceptors (Lipinski definition) is 3. The fourth-order valence-electron chi connectivity index (χ4n) is 2.16. The summed E-state index contributed by atoms with van der Waals surface area (Å²) in [7, 11) is 0. The first-order valence-electron chi connectivity index (χ1n) is 7.05. The fourth-order valence-corrected chi connectivity index (χ4v) is 2.16. The molecule has 4 nitrogen and oxygen atoms in total. The second-order valence-corrected chi connectivity index (χ2v) is 5.60. The molecule has 0 aromatic rings. The van der Waals surface area contributed by atoms with E-state index in [0.29, 0.717) is 18.9 Å². The molecule has 1 aliphatic rings. The average Bonchev–Trinajstić information content (AvgIpc) is 2.81. The molecule has 1 amide bonds. The van der Waals surface area contributed by atoms with Crippen molar-refractivity contribution in [2.45, 2.75) is 52.5 Å². The van der Waals surface area contributed by atoms with Crippen LogP contribution in [-0.4, -0.2) is 24.0 Å². The normalized spacial score (nSPS) is 21.2. The van der Waals surface area contributed by atoms with Gasteiger partial charge >= 0.3 is 5.97 Å². The van der Waals surface area contributed by atoms with Gasteiger partial charge in [-0.3, -0.25) is 4.79 Å². The van der Waals surface area contributed by atoms with Gasteiger partial charge in [0.05, 0.1) is 6.61 Å². The van der Waals surface area contributed by atoms with Gasteiger partial charge in [0, 0.05) is 6.42 Å². The Bertz CT molecular complexity index is 362. The van der Waals surface area contributed by atoms with E-state index < -0.39 is 5.54 Å². The van der Waals surface area contributed by atoms with Crippen LogP contribution in [0.25, 0.3) is 0 Å². The number of amides is 1. The van der Waals surface area contributed by atoms with Crippen LogP contribution in [0, 0.1) is 11.8 Å². The number of hydrogen-bond donors (Lipinski definition) is 1. The first-order chi connectivity index (χ1) is 8.90. The molecule has 1 aliphatic carbocycles. The van der Waals surface area contributed by atoms with Crippen molar-refractivity contribution >= 4 is 11.9 Å². The lowest BCUT2D eigenvalue weighted by atomic mass is 9.88. The fraction of sp³-hybridized carbons (Fsp3) is 0.733. The summed E-state index contributed by atoms with van der Waals surface area (Å²) in [4.78, 5) is 24.1. The van der Waals surface area contributed by atoms with Gasteiger partial charge in [-0.2, -0.15) is 0 Å². The molecule has 0 aliphatic heterocycles. The lowest BCUT2D eigenvalue weighted by Gasteiger charge is -2.32. The average molecular weight is 267 g/mol. The predicted molar refractivity (Wildman–Crippen MR) is 74.5 cm³/mol. The van der Waals surface area contributed by atoms with Gasteiger partial charge in [-0.1, -0.05) is 26.0 Å². The van der Waals surface area contributed by atoms with Crippen molar-refractivity contribution in [3.8, 4) is 0 Å². The number of allylic oxidation sites excluding steroid dienone is 2. The zero-order valence-corrected chi connectivity index (χ0v) is 12.4. The molecule has 0 fully saturated rings. The SMILES string of the molecule is CCOC(=O)[C@@](C)(NC(=O)C[C@@H]1C=CCC1)C(C)C. The maximum atomic E-state index is 12.1. The van der Waals surface area contributed by atoms with Crippen LogP contribution < -0.4 is 5.32 Å². The zero-order chi connectivity index (χ0) is 14.5. The van der Waals surface area contributed by atoms with Crippen molar-refractivity contribution in [2.75, 3.05) is 6.61 Å². The van der Waals surface area contributed by atoms with Crippen LogP contribution in [-0.2, 0) is 14.3 Å². The molecule has 0 bridgehead atoms. The van der Waals surface area contributed by atoms with Crippen LogP contribution >= 0.6 is 0 Å². The molecule has 0 radical (unpaired) electrons.